The fourth-order valence-electron chi connectivity index (χ4n) is 5.38. The summed E-state index contributed by atoms with van der Waals surface area (Å²) in [7, 11) is 0. The molecule has 0 bridgehead atoms. The Balaban J connectivity index is 1.06. The molecule has 10 heteroatoms. The molecule has 3 atom stereocenters. The van der Waals surface area contributed by atoms with Gasteiger partial charge < -0.3 is 20.3 Å². The lowest BCUT2D eigenvalue weighted by Crippen LogP contribution is -2.36. The molecule has 5 rings (SSSR count). The molecule has 3 aromatic rings. The van der Waals surface area contributed by atoms with E-state index >= 15 is 0 Å². The lowest BCUT2D eigenvalue weighted by molar-refractivity contribution is 0.222. The second kappa shape index (κ2) is 11.6. The Kier molecular flexibility index (Phi) is 8.00. The molecule has 0 spiro atoms. The number of anilines is 2. The largest absolute Gasteiger partial charge is 0.490 e. The number of benzene rings is 1. The van der Waals surface area contributed by atoms with Crippen molar-refractivity contribution < 1.29 is 9.13 Å². The highest BCUT2D eigenvalue weighted by atomic mass is 35.5. The predicted octanol–water partition coefficient (Wildman–Crippen LogP) is 4.31. The summed E-state index contributed by atoms with van der Waals surface area (Å²) < 4.78 is 20.2. The van der Waals surface area contributed by atoms with Crippen molar-refractivity contribution in [3.63, 3.8) is 0 Å². The Morgan fingerprint density at radius 2 is 1.65 bits per heavy atom. The molecule has 2 aliphatic rings. The van der Waals surface area contributed by atoms with E-state index in [4.69, 9.17) is 22.1 Å². The number of aromatic nitrogens is 4. The molecule has 1 aromatic carbocycles. The predicted molar refractivity (Wildman–Crippen MR) is 143 cm³/mol. The summed E-state index contributed by atoms with van der Waals surface area (Å²) in [5, 5.41) is 0.556. The number of ether oxygens (including phenoxy) is 1. The van der Waals surface area contributed by atoms with Crippen LogP contribution in [0.4, 0.5) is 16.3 Å². The van der Waals surface area contributed by atoms with Crippen LogP contribution in [0.2, 0.25) is 5.02 Å². The summed E-state index contributed by atoms with van der Waals surface area (Å²) in [6.07, 6.45) is 9.89. The van der Waals surface area contributed by atoms with Crippen molar-refractivity contribution in [2.75, 3.05) is 42.6 Å². The molecule has 2 fully saturated rings. The first-order chi connectivity index (χ1) is 18.0. The van der Waals surface area contributed by atoms with Crippen LogP contribution in [0.3, 0.4) is 0 Å². The molecule has 2 aromatic heterocycles. The van der Waals surface area contributed by atoms with Crippen molar-refractivity contribution in [3.05, 3.63) is 65.5 Å². The third-order valence-corrected chi connectivity index (χ3v) is 7.84. The Morgan fingerprint density at radius 1 is 1.00 bits per heavy atom. The van der Waals surface area contributed by atoms with Gasteiger partial charge in [0.05, 0.1) is 36.4 Å². The molecule has 0 aliphatic carbocycles. The number of rotatable bonds is 8. The molecule has 0 saturated carbocycles. The van der Waals surface area contributed by atoms with E-state index in [0.717, 1.165) is 38.3 Å². The van der Waals surface area contributed by atoms with Crippen LogP contribution in [-0.2, 0) is 0 Å². The Bertz CT molecular complexity index is 1160. The van der Waals surface area contributed by atoms with Gasteiger partial charge in [-0.15, -0.1) is 0 Å². The minimum Gasteiger partial charge on any atom is -0.490 e. The van der Waals surface area contributed by atoms with Gasteiger partial charge in [-0.2, -0.15) is 0 Å². The average Bonchev–Trinajstić information content (AvgIpc) is 3.31. The standard InChI is InChI=1S/C27H33ClFN7O/c1-18(19-6-9-35(10-7-19)26-31-12-20(28)13-32-26)8-11-37-21-14-33-27(34-15-21)36-16-23(25(30)17-36)22-4-2-3-5-24(22)29/h2-5,12-15,18-19,23,25H,6-11,16-17,30H2,1H3/t18-,23+,25-/m1/s1. The fraction of sp³-hybridized carbons (Fsp3) is 0.481. The molecular formula is C27H33ClFN7O. The number of piperidine rings is 1. The number of hydrogen-bond acceptors (Lipinski definition) is 8. The van der Waals surface area contributed by atoms with Crippen molar-refractivity contribution in [3.8, 4) is 5.75 Å². The van der Waals surface area contributed by atoms with Crippen LogP contribution >= 0.6 is 11.6 Å². The third kappa shape index (κ3) is 6.10. The second-order valence-corrected chi connectivity index (χ2v) is 10.5. The summed E-state index contributed by atoms with van der Waals surface area (Å²) in [6, 6.07) is 6.65. The van der Waals surface area contributed by atoms with E-state index < -0.39 is 0 Å². The quantitative estimate of drug-likeness (QED) is 0.465. The second-order valence-electron chi connectivity index (χ2n) is 10.1. The van der Waals surface area contributed by atoms with Crippen molar-refractivity contribution in [2.24, 2.45) is 17.6 Å². The van der Waals surface area contributed by atoms with Crippen LogP contribution in [0.15, 0.2) is 49.1 Å². The molecule has 196 valence electrons. The Hall–Kier alpha value is -3.04. The van der Waals surface area contributed by atoms with Gasteiger partial charge in [0.25, 0.3) is 0 Å². The number of nitrogens with zero attached hydrogens (tertiary/aromatic N) is 6. The van der Waals surface area contributed by atoms with Gasteiger partial charge in [-0.3, -0.25) is 0 Å². The van der Waals surface area contributed by atoms with E-state index in [-0.39, 0.29) is 17.8 Å². The summed E-state index contributed by atoms with van der Waals surface area (Å²) >= 11 is 5.90. The van der Waals surface area contributed by atoms with E-state index in [9.17, 15) is 4.39 Å². The van der Waals surface area contributed by atoms with Crippen LogP contribution in [0.5, 0.6) is 5.75 Å². The van der Waals surface area contributed by atoms with Gasteiger partial charge in [0.2, 0.25) is 11.9 Å². The van der Waals surface area contributed by atoms with Gasteiger partial charge in [0, 0.05) is 38.1 Å². The molecule has 2 N–H and O–H groups in total. The molecule has 0 unspecified atom stereocenters. The summed E-state index contributed by atoms with van der Waals surface area (Å²) in [5.74, 6) is 2.88. The molecule has 2 aliphatic heterocycles. The minimum atomic E-state index is -0.218. The number of nitrogens with two attached hydrogens (primary N) is 1. The lowest BCUT2D eigenvalue weighted by Gasteiger charge is -2.34. The molecule has 2 saturated heterocycles. The zero-order valence-electron chi connectivity index (χ0n) is 21.0. The maximum Gasteiger partial charge on any atom is 0.225 e. The van der Waals surface area contributed by atoms with Crippen LogP contribution in [-0.4, -0.2) is 58.8 Å². The Morgan fingerprint density at radius 3 is 2.35 bits per heavy atom. The minimum absolute atomic E-state index is 0.0900. The van der Waals surface area contributed by atoms with E-state index in [1.165, 1.54) is 6.07 Å². The summed E-state index contributed by atoms with van der Waals surface area (Å²) in [6.45, 7) is 5.98. The van der Waals surface area contributed by atoms with Crippen molar-refractivity contribution >= 4 is 23.5 Å². The highest BCUT2D eigenvalue weighted by Gasteiger charge is 2.34. The molecule has 37 heavy (non-hydrogen) atoms. The van der Waals surface area contributed by atoms with E-state index in [0.29, 0.717) is 53.8 Å². The summed E-state index contributed by atoms with van der Waals surface area (Å²) in [4.78, 5) is 21.9. The molecular weight excluding hydrogens is 493 g/mol. The third-order valence-electron chi connectivity index (χ3n) is 7.64. The number of halogens is 2. The molecule has 0 amide bonds. The molecule has 0 radical (unpaired) electrons. The van der Waals surface area contributed by atoms with Gasteiger partial charge in [-0.25, -0.2) is 24.3 Å². The first kappa shape index (κ1) is 25.6. The highest BCUT2D eigenvalue weighted by Crippen LogP contribution is 2.31. The zero-order valence-corrected chi connectivity index (χ0v) is 21.8. The first-order valence-corrected chi connectivity index (χ1v) is 13.3. The monoisotopic (exact) mass is 525 g/mol. The van der Waals surface area contributed by atoms with Gasteiger partial charge in [-0.05, 0) is 42.7 Å². The zero-order chi connectivity index (χ0) is 25.8. The normalized spacial score (nSPS) is 21.3. The highest BCUT2D eigenvalue weighted by molar-refractivity contribution is 6.30. The molecule has 8 nitrogen and oxygen atoms in total. The van der Waals surface area contributed by atoms with Crippen molar-refractivity contribution in [1.82, 2.24) is 19.9 Å². The fourth-order valence-corrected chi connectivity index (χ4v) is 5.48. The number of hydrogen-bond donors (Lipinski definition) is 1. The van der Waals surface area contributed by atoms with Crippen LogP contribution in [0, 0.1) is 17.7 Å². The van der Waals surface area contributed by atoms with Crippen molar-refractivity contribution in [2.45, 2.75) is 38.1 Å². The SMILES string of the molecule is C[C@H](CCOc1cnc(N2C[C@@H](N)[C@H](c3ccccc3F)C2)nc1)C1CCN(c2ncc(Cl)cn2)CC1. The Labute approximate surface area is 222 Å². The smallest absolute Gasteiger partial charge is 0.225 e. The molecule has 4 heterocycles. The van der Waals surface area contributed by atoms with Gasteiger partial charge >= 0.3 is 0 Å². The van der Waals surface area contributed by atoms with Crippen LogP contribution in [0.1, 0.15) is 37.7 Å². The maximum atomic E-state index is 14.3. The van der Waals surface area contributed by atoms with Gasteiger partial charge in [0.15, 0.2) is 5.75 Å². The van der Waals surface area contributed by atoms with E-state index in [1.807, 2.05) is 11.0 Å². The topological polar surface area (TPSA) is 93.3 Å². The maximum absolute atomic E-state index is 14.3. The lowest BCUT2D eigenvalue weighted by atomic mass is 9.84. The summed E-state index contributed by atoms with van der Waals surface area (Å²) in [5.41, 5.74) is 6.98. The van der Waals surface area contributed by atoms with Gasteiger partial charge in [0.1, 0.15) is 5.82 Å². The van der Waals surface area contributed by atoms with Crippen LogP contribution in [0.25, 0.3) is 0 Å². The van der Waals surface area contributed by atoms with Gasteiger partial charge in [-0.1, -0.05) is 36.7 Å². The van der Waals surface area contributed by atoms with Crippen molar-refractivity contribution in [1.29, 1.82) is 0 Å². The van der Waals surface area contributed by atoms with E-state index in [2.05, 4.69) is 31.8 Å². The van der Waals surface area contributed by atoms with Crippen LogP contribution < -0.4 is 20.3 Å². The average molecular weight is 526 g/mol. The van der Waals surface area contributed by atoms with E-state index in [1.54, 1.807) is 36.9 Å². The first-order valence-electron chi connectivity index (χ1n) is 12.9.